The van der Waals surface area contributed by atoms with Crippen molar-refractivity contribution >= 4 is 23.2 Å². The number of benzene rings is 2. The van der Waals surface area contributed by atoms with E-state index in [4.69, 9.17) is 0 Å². The van der Waals surface area contributed by atoms with Gasteiger partial charge in [0.2, 0.25) is 5.95 Å². The van der Waals surface area contributed by atoms with Crippen LogP contribution in [0.1, 0.15) is 32.9 Å². The summed E-state index contributed by atoms with van der Waals surface area (Å²) in [5, 5.41) is 6.10. The lowest BCUT2D eigenvalue weighted by atomic mass is 10.1. The van der Waals surface area contributed by atoms with Crippen molar-refractivity contribution in [2.24, 2.45) is 0 Å². The molecule has 0 atom stereocenters. The number of aryl methyl sites for hydroxylation is 4. The maximum absolute atomic E-state index is 12.4. The van der Waals surface area contributed by atoms with Crippen LogP contribution in [-0.2, 0) is 0 Å². The van der Waals surface area contributed by atoms with Crippen molar-refractivity contribution in [2.75, 3.05) is 10.6 Å². The fraction of sp³-hybridized carbons (Fsp3) is 0.190. The van der Waals surface area contributed by atoms with Crippen molar-refractivity contribution in [3.63, 3.8) is 0 Å². The molecular formula is C21H22N4O. The molecule has 5 heteroatoms. The van der Waals surface area contributed by atoms with Crippen LogP contribution in [0, 0.1) is 27.7 Å². The van der Waals surface area contributed by atoms with Gasteiger partial charge in [-0.3, -0.25) is 4.79 Å². The number of aromatic nitrogens is 2. The van der Waals surface area contributed by atoms with Gasteiger partial charge in [0.15, 0.2) is 0 Å². The van der Waals surface area contributed by atoms with Crippen LogP contribution < -0.4 is 10.6 Å². The summed E-state index contributed by atoms with van der Waals surface area (Å²) in [6.45, 7) is 7.89. The number of carbonyl (C=O) groups excluding carboxylic acids is 1. The molecule has 2 aromatic carbocycles. The van der Waals surface area contributed by atoms with Gasteiger partial charge in [0, 0.05) is 28.3 Å². The molecule has 0 aliphatic carbocycles. The molecule has 0 saturated heterocycles. The van der Waals surface area contributed by atoms with E-state index in [2.05, 4.69) is 26.7 Å². The number of hydrogen-bond donors (Lipinski definition) is 2. The first kappa shape index (κ1) is 17.6. The molecule has 0 fully saturated rings. The van der Waals surface area contributed by atoms with Crippen LogP contribution in [0.25, 0.3) is 0 Å². The summed E-state index contributed by atoms with van der Waals surface area (Å²) in [7, 11) is 0. The summed E-state index contributed by atoms with van der Waals surface area (Å²) in [6, 6.07) is 15.2. The smallest absolute Gasteiger partial charge is 0.255 e. The standard InChI is InChI=1S/C21H22N4O/c1-13-9-14(2)11-19(10-13)24-20(26)17-5-7-18(8-6-17)25-21-22-15(3)12-16(4)23-21/h5-12H,1-4H3,(H,24,26)(H,22,23,25). The average Bonchev–Trinajstić information content (AvgIpc) is 2.53. The summed E-state index contributed by atoms with van der Waals surface area (Å²) < 4.78 is 0. The monoisotopic (exact) mass is 346 g/mol. The predicted molar refractivity (Wildman–Crippen MR) is 105 cm³/mol. The first-order valence-corrected chi connectivity index (χ1v) is 8.48. The summed E-state index contributed by atoms with van der Waals surface area (Å²) in [5.74, 6) is 0.416. The van der Waals surface area contributed by atoms with E-state index >= 15 is 0 Å². The highest BCUT2D eigenvalue weighted by atomic mass is 16.1. The lowest BCUT2D eigenvalue weighted by molar-refractivity contribution is 0.102. The molecule has 0 spiro atoms. The van der Waals surface area contributed by atoms with Crippen LogP contribution in [-0.4, -0.2) is 15.9 Å². The molecule has 0 bridgehead atoms. The van der Waals surface area contributed by atoms with E-state index in [1.165, 1.54) is 0 Å². The Morgan fingerprint density at radius 2 is 1.35 bits per heavy atom. The first-order chi connectivity index (χ1) is 12.4. The fourth-order valence-corrected chi connectivity index (χ4v) is 2.87. The van der Waals surface area contributed by atoms with E-state index in [1.807, 2.05) is 58.0 Å². The Labute approximate surface area is 153 Å². The van der Waals surface area contributed by atoms with Crippen LogP contribution in [0.4, 0.5) is 17.3 Å². The molecule has 1 aromatic heterocycles. The highest BCUT2D eigenvalue weighted by Crippen LogP contribution is 2.18. The van der Waals surface area contributed by atoms with Crippen molar-refractivity contribution in [3.8, 4) is 0 Å². The minimum atomic E-state index is -0.135. The molecule has 0 aliphatic rings. The molecule has 1 heterocycles. The second-order valence-electron chi connectivity index (χ2n) is 6.51. The third-order valence-electron chi connectivity index (χ3n) is 3.87. The number of hydrogen-bond acceptors (Lipinski definition) is 4. The summed E-state index contributed by atoms with van der Waals surface area (Å²) in [4.78, 5) is 21.2. The van der Waals surface area contributed by atoms with E-state index in [-0.39, 0.29) is 5.91 Å². The number of amides is 1. The molecule has 132 valence electrons. The Balaban J connectivity index is 1.71. The maximum atomic E-state index is 12.4. The summed E-state index contributed by atoms with van der Waals surface area (Å²) in [5.41, 5.74) is 6.28. The largest absolute Gasteiger partial charge is 0.324 e. The lowest BCUT2D eigenvalue weighted by Crippen LogP contribution is -2.12. The van der Waals surface area contributed by atoms with Gasteiger partial charge in [-0.05, 0) is 81.3 Å². The van der Waals surface area contributed by atoms with E-state index in [0.29, 0.717) is 11.5 Å². The fourth-order valence-electron chi connectivity index (χ4n) is 2.87. The van der Waals surface area contributed by atoms with E-state index < -0.39 is 0 Å². The number of nitrogens with one attached hydrogen (secondary N) is 2. The van der Waals surface area contributed by atoms with E-state index in [0.717, 1.165) is 33.9 Å². The van der Waals surface area contributed by atoms with E-state index in [1.54, 1.807) is 12.1 Å². The lowest BCUT2D eigenvalue weighted by Gasteiger charge is -2.09. The minimum Gasteiger partial charge on any atom is -0.324 e. The molecule has 26 heavy (non-hydrogen) atoms. The molecular weight excluding hydrogens is 324 g/mol. The third-order valence-corrected chi connectivity index (χ3v) is 3.87. The van der Waals surface area contributed by atoms with Gasteiger partial charge in [0.05, 0.1) is 0 Å². The van der Waals surface area contributed by atoms with Crippen molar-refractivity contribution in [1.29, 1.82) is 0 Å². The zero-order valence-electron chi connectivity index (χ0n) is 15.4. The second kappa shape index (κ2) is 7.35. The number of carbonyl (C=O) groups is 1. The Morgan fingerprint density at radius 1 is 0.769 bits per heavy atom. The normalized spacial score (nSPS) is 10.5. The van der Waals surface area contributed by atoms with Gasteiger partial charge in [-0.2, -0.15) is 0 Å². The molecule has 0 aliphatic heterocycles. The number of rotatable bonds is 4. The molecule has 0 saturated carbocycles. The Kier molecular flexibility index (Phi) is 4.98. The number of anilines is 3. The zero-order valence-corrected chi connectivity index (χ0v) is 15.4. The Morgan fingerprint density at radius 3 is 1.92 bits per heavy atom. The Hall–Kier alpha value is -3.21. The molecule has 3 rings (SSSR count). The van der Waals surface area contributed by atoms with Crippen LogP contribution in [0.5, 0.6) is 0 Å². The highest BCUT2D eigenvalue weighted by Gasteiger charge is 2.07. The van der Waals surface area contributed by atoms with Crippen molar-refractivity contribution in [3.05, 3.63) is 76.6 Å². The molecule has 1 amide bonds. The van der Waals surface area contributed by atoms with Crippen LogP contribution in [0.3, 0.4) is 0 Å². The Bertz CT molecular complexity index is 908. The quantitative estimate of drug-likeness (QED) is 0.718. The predicted octanol–water partition coefficient (Wildman–Crippen LogP) is 4.71. The van der Waals surface area contributed by atoms with Crippen molar-refractivity contribution < 1.29 is 4.79 Å². The summed E-state index contributed by atoms with van der Waals surface area (Å²) in [6.07, 6.45) is 0. The van der Waals surface area contributed by atoms with Crippen molar-refractivity contribution in [1.82, 2.24) is 9.97 Å². The molecule has 3 aromatic rings. The minimum absolute atomic E-state index is 0.135. The highest BCUT2D eigenvalue weighted by molar-refractivity contribution is 6.04. The molecule has 5 nitrogen and oxygen atoms in total. The van der Waals surface area contributed by atoms with E-state index in [9.17, 15) is 4.79 Å². The molecule has 0 radical (unpaired) electrons. The molecule has 0 unspecified atom stereocenters. The second-order valence-corrected chi connectivity index (χ2v) is 6.51. The van der Waals surface area contributed by atoms with Gasteiger partial charge in [0.1, 0.15) is 0 Å². The van der Waals surface area contributed by atoms with Gasteiger partial charge < -0.3 is 10.6 Å². The van der Waals surface area contributed by atoms with Gasteiger partial charge in [-0.25, -0.2) is 9.97 Å². The maximum Gasteiger partial charge on any atom is 0.255 e. The van der Waals surface area contributed by atoms with Crippen LogP contribution in [0.2, 0.25) is 0 Å². The first-order valence-electron chi connectivity index (χ1n) is 8.48. The van der Waals surface area contributed by atoms with Gasteiger partial charge >= 0.3 is 0 Å². The van der Waals surface area contributed by atoms with Gasteiger partial charge in [-0.1, -0.05) is 6.07 Å². The third kappa shape index (κ3) is 4.45. The van der Waals surface area contributed by atoms with Gasteiger partial charge in [0.25, 0.3) is 5.91 Å². The molecule has 2 N–H and O–H groups in total. The van der Waals surface area contributed by atoms with Crippen molar-refractivity contribution in [2.45, 2.75) is 27.7 Å². The summed E-state index contributed by atoms with van der Waals surface area (Å²) >= 11 is 0. The van der Waals surface area contributed by atoms with Crippen LogP contribution >= 0.6 is 0 Å². The topological polar surface area (TPSA) is 66.9 Å². The number of nitrogens with zero attached hydrogens (tertiary/aromatic N) is 2. The van der Waals surface area contributed by atoms with Gasteiger partial charge in [-0.15, -0.1) is 0 Å². The zero-order chi connectivity index (χ0) is 18.7. The average molecular weight is 346 g/mol. The van der Waals surface area contributed by atoms with Crippen LogP contribution in [0.15, 0.2) is 48.5 Å². The SMILES string of the molecule is Cc1cc(C)cc(NC(=O)c2ccc(Nc3nc(C)cc(C)n3)cc2)c1.